The zero-order valence-corrected chi connectivity index (χ0v) is 16.9. The molecule has 0 aromatic heterocycles. The quantitative estimate of drug-likeness (QED) is 0.531. The number of halogens is 2. The van der Waals surface area contributed by atoms with Gasteiger partial charge in [-0.3, -0.25) is 9.59 Å². The Labute approximate surface area is 175 Å². The number of imide groups is 1. The van der Waals surface area contributed by atoms with Crippen molar-refractivity contribution in [3.8, 4) is 0 Å². The predicted octanol–water partition coefficient (Wildman–Crippen LogP) is 5.50. The lowest BCUT2D eigenvalue weighted by Crippen LogP contribution is -2.32. The molecule has 0 atom stereocenters. The molecule has 3 aromatic rings. The van der Waals surface area contributed by atoms with Gasteiger partial charge in [0.15, 0.2) is 0 Å². The Hall–Kier alpha value is -2.89. The summed E-state index contributed by atoms with van der Waals surface area (Å²) < 4.78 is 0.860. The Kier molecular flexibility index (Phi) is 5.03. The molecule has 0 unspecified atom stereocenters. The van der Waals surface area contributed by atoms with Crippen LogP contribution in [0.5, 0.6) is 0 Å². The number of hydrogen-bond donors (Lipinski definition) is 1. The van der Waals surface area contributed by atoms with E-state index in [-0.39, 0.29) is 5.70 Å². The summed E-state index contributed by atoms with van der Waals surface area (Å²) in [6.45, 7) is 0. The number of amides is 2. The van der Waals surface area contributed by atoms with Crippen molar-refractivity contribution in [3.05, 3.63) is 99.6 Å². The average molecular weight is 454 g/mol. The number of para-hydroxylation sites is 1. The molecule has 4 rings (SSSR count). The highest BCUT2D eigenvalue weighted by molar-refractivity contribution is 9.10. The monoisotopic (exact) mass is 452 g/mol. The average Bonchev–Trinajstić information content (AvgIpc) is 2.93. The van der Waals surface area contributed by atoms with E-state index in [0.29, 0.717) is 27.5 Å². The number of carbonyl (C=O) groups excluding carboxylic acids is 2. The lowest BCUT2D eigenvalue weighted by Gasteiger charge is -2.16. The normalized spacial score (nSPS) is 14.0. The predicted molar refractivity (Wildman–Crippen MR) is 115 cm³/mol. The molecular weight excluding hydrogens is 440 g/mol. The van der Waals surface area contributed by atoms with E-state index in [0.717, 1.165) is 9.37 Å². The van der Waals surface area contributed by atoms with Crippen molar-refractivity contribution in [2.24, 2.45) is 0 Å². The maximum absolute atomic E-state index is 13.3. The largest absolute Gasteiger partial charge is 0.350 e. The van der Waals surface area contributed by atoms with Crippen LogP contribution in [0.1, 0.15) is 5.56 Å². The van der Waals surface area contributed by atoms with Gasteiger partial charge in [0.1, 0.15) is 5.70 Å². The second-order valence-corrected chi connectivity index (χ2v) is 7.47. The Morgan fingerprint density at radius 3 is 2.25 bits per heavy atom. The molecule has 0 saturated heterocycles. The smallest absolute Gasteiger partial charge is 0.282 e. The van der Waals surface area contributed by atoms with Gasteiger partial charge < -0.3 is 5.32 Å². The Balaban J connectivity index is 1.84. The van der Waals surface area contributed by atoms with Gasteiger partial charge in [-0.1, -0.05) is 76.1 Å². The molecule has 0 aliphatic carbocycles. The molecule has 0 saturated carbocycles. The van der Waals surface area contributed by atoms with E-state index in [1.807, 2.05) is 42.5 Å². The Morgan fingerprint density at radius 2 is 1.54 bits per heavy atom. The van der Waals surface area contributed by atoms with Crippen LogP contribution in [0.15, 0.2) is 89.0 Å². The van der Waals surface area contributed by atoms with Crippen LogP contribution in [0.4, 0.5) is 11.4 Å². The number of nitrogens with one attached hydrogen (secondary N) is 1. The number of benzene rings is 3. The van der Waals surface area contributed by atoms with Crippen molar-refractivity contribution in [2.45, 2.75) is 0 Å². The van der Waals surface area contributed by atoms with E-state index in [1.54, 1.807) is 36.4 Å². The highest BCUT2D eigenvalue weighted by Crippen LogP contribution is 2.36. The summed E-state index contributed by atoms with van der Waals surface area (Å²) in [5.41, 5.74) is 2.24. The van der Waals surface area contributed by atoms with E-state index >= 15 is 0 Å². The van der Waals surface area contributed by atoms with E-state index in [1.165, 1.54) is 0 Å². The molecule has 28 heavy (non-hydrogen) atoms. The van der Waals surface area contributed by atoms with Crippen molar-refractivity contribution in [3.63, 3.8) is 0 Å². The van der Waals surface area contributed by atoms with Crippen LogP contribution in [0.25, 0.3) is 5.57 Å². The summed E-state index contributed by atoms with van der Waals surface area (Å²) in [6.07, 6.45) is 0. The Bertz CT molecular complexity index is 1110. The number of anilines is 2. The van der Waals surface area contributed by atoms with E-state index in [4.69, 9.17) is 11.6 Å². The van der Waals surface area contributed by atoms with Crippen LogP contribution in [0, 0.1) is 0 Å². The molecule has 3 aromatic carbocycles. The molecular formula is C22H14BrClN2O2. The minimum Gasteiger partial charge on any atom is -0.350 e. The summed E-state index contributed by atoms with van der Waals surface area (Å²) in [5, 5.41) is 3.46. The summed E-state index contributed by atoms with van der Waals surface area (Å²) >= 11 is 9.69. The molecule has 1 aliphatic heterocycles. The lowest BCUT2D eigenvalue weighted by molar-refractivity contribution is -0.120. The molecule has 0 radical (unpaired) electrons. The standard InChI is InChI=1S/C22H14BrClN2O2/c23-15-9-6-10-16(13-15)25-20-19(14-7-2-1-3-8-14)21(27)26(22(20)28)18-12-5-4-11-17(18)24/h1-13,25H. The maximum Gasteiger partial charge on any atom is 0.282 e. The first-order valence-corrected chi connectivity index (χ1v) is 9.69. The van der Waals surface area contributed by atoms with Gasteiger partial charge in [-0.25, -0.2) is 4.90 Å². The second kappa shape index (κ2) is 7.62. The summed E-state index contributed by atoms with van der Waals surface area (Å²) in [6, 6.07) is 23.3. The first-order chi connectivity index (χ1) is 13.6. The molecule has 1 heterocycles. The van der Waals surface area contributed by atoms with Gasteiger partial charge >= 0.3 is 0 Å². The van der Waals surface area contributed by atoms with Crippen LogP contribution < -0.4 is 10.2 Å². The second-order valence-electron chi connectivity index (χ2n) is 6.15. The Morgan fingerprint density at radius 1 is 0.821 bits per heavy atom. The first kappa shape index (κ1) is 18.5. The number of rotatable bonds is 4. The fraction of sp³-hybridized carbons (Fsp3) is 0. The molecule has 138 valence electrons. The van der Waals surface area contributed by atoms with Crippen molar-refractivity contribution in [2.75, 3.05) is 10.2 Å². The van der Waals surface area contributed by atoms with Gasteiger partial charge in [0.05, 0.1) is 16.3 Å². The fourth-order valence-electron chi connectivity index (χ4n) is 3.08. The van der Waals surface area contributed by atoms with Gasteiger partial charge in [0, 0.05) is 10.2 Å². The minimum absolute atomic E-state index is 0.217. The van der Waals surface area contributed by atoms with Crippen molar-refractivity contribution >= 4 is 56.3 Å². The SMILES string of the molecule is O=C1C(Nc2cccc(Br)c2)=C(c2ccccc2)C(=O)N1c1ccccc1Cl. The highest BCUT2D eigenvalue weighted by atomic mass is 79.9. The van der Waals surface area contributed by atoms with E-state index < -0.39 is 11.8 Å². The van der Waals surface area contributed by atoms with Gasteiger partial charge in [-0.2, -0.15) is 0 Å². The lowest BCUT2D eigenvalue weighted by atomic mass is 10.0. The minimum atomic E-state index is -0.447. The third-order valence-electron chi connectivity index (χ3n) is 4.33. The molecule has 0 spiro atoms. The summed E-state index contributed by atoms with van der Waals surface area (Å²) in [5.74, 6) is -0.862. The molecule has 1 N–H and O–H groups in total. The molecule has 0 fully saturated rings. The molecule has 4 nitrogen and oxygen atoms in total. The van der Waals surface area contributed by atoms with Gasteiger partial charge in [0.2, 0.25) is 0 Å². The number of nitrogens with zero attached hydrogens (tertiary/aromatic N) is 1. The molecule has 6 heteroatoms. The topological polar surface area (TPSA) is 49.4 Å². The van der Waals surface area contributed by atoms with Crippen LogP contribution in [0.3, 0.4) is 0 Å². The van der Waals surface area contributed by atoms with Crippen molar-refractivity contribution < 1.29 is 9.59 Å². The number of carbonyl (C=O) groups is 2. The van der Waals surface area contributed by atoms with Crippen LogP contribution in [-0.2, 0) is 9.59 Å². The fourth-order valence-corrected chi connectivity index (χ4v) is 3.70. The number of hydrogen-bond acceptors (Lipinski definition) is 3. The molecule has 0 bridgehead atoms. The maximum atomic E-state index is 13.3. The van der Waals surface area contributed by atoms with Crippen LogP contribution in [0.2, 0.25) is 5.02 Å². The van der Waals surface area contributed by atoms with Gasteiger partial charge in [0.25, 0.3) is 11.8 Å². The van der Waals surface area contributed by atoms with Crippen molar-refractivity contribution in [1.29, 1.82) is 0 Å². The van der Waals surface area contributed by atoms with E-state index in [2.05, 4.69) is 21.2 Å². The van der Waals surface area contributed by atoms with Crippen LogP contribution >= 0.6 is 27.5 Å². The molecule has 2 amide bonds. The molecule has 1 aliphatic rings. The van der Waals surface area contributed by atoms with Crippen molar-refractivity contribution in [1.82, 2.24) is 0 Å². The first-order valence-electron chi connectivity index (χ1n) is 8.52. The van der Waals surface area contributed by atoms with Crippen LogP contribution in [-0.4, -0.2) is 11.8 Å². The zero-order chi connectivity index (χ0) is 19.7. The summed E-state index contributed by atoms with van der Waals surface area (Å²) in [4.78, 5) is 27.6. The van der Waals surface area contributed by atoms with Gasteiger partial charge in [-0.05, 0) is 35.9 Å². The zero-order valence-electron chi connectivity index (χ0n) is 14.5. The van der Waals surface area contributed by atoms with E-state index in [9.17, 15) is 9.59 Å². The van der Waals surface area contributed by atoms with Gasteiger partial charge in [-0.15, -0.1) is 0 Å². The third-order valence-corrected chi connectivity index (χ3v) is 5.15. The highest BCUT2D eigenvalue weighted by Gasteiger charge is 2.40. The summed E-state index contributed by atoms with van der Waals surface area (Å²) in [7, 11) is 0. The third kappa shape index (κ3) is 3.35.